The first-order valence-corrected chi connectivity index (χ1v) is 27.1. The van der Waals surface area contributed by atoms with Crippen molar-refractivity contribution in [1.82, 2.24) is 5.32 Å². The SMILES string of the molecule is CC/C=C\C/C=C\C/C=C\C/C=C\C/C=C\CCCCCCCCCCCCCCCCCCCCCC(=O)NC(COP(=O)([O-])OCC[N+](C)(C)C)C(O)CCCCCCC. The highest BCUT2D eigenvalue weighted by Crippen LogP contribution is 2.38. The molecule has 0 saturated heterocycles. The topological polar surface area (TPSA) is 108 Å². The first kappa shape index (κ1) is 60.2. The number of hydrogen-bond acceptors (Lipinski definition) is 6. The monoisotopic (exact) mass is 891 g/mol. The highest BCUT2D eigenvalue weighted by atomic mass is 31.2. The van der Waals surface area contributed by atoms with Crippen LogP contribution in [0.4, 0.5) is 0 Å². The molecule has 0 aromatic heterocycles. The van der Waals surface area contributed by atoms with Crippen molar-refractivity contribution in [3.63, 3.8) is 0 Å². The highest BCUT2D eigenvalue weighted by Gasteiger charge is 2.24. The lowest BCUT2D eigenvalue weighted by Crippen LogP contribution is -2.46. The lowest BCUT2D eigenvalue weighted by Gasteiger charge is -2.30. The molecule has 3 unspecified atom stereocenters. The van der Waals surface area contributed by atoms with Crippen LogP contribution in [0.3, 0.4) is 0 Å². The Morgan fingerprint density at radius 1 is 0.581 bits per heavy atom. The first-order valence-electron chi connectivity index (χ1n) is 25.6. The predicted molar refractivity (Wildman–Crippen MR) is 265 cm³/mol. The summed E-state index contributed by atoms with van der Waals surface area (Å²) in [6, 6.07) is -0.796. The number of amides is 1. The van der Waals surface area contributed by atoms with Crippen molar-refractivity contribution in [3.05, 3.63) is 60.8 Å². The third-order valence-electron chi connectivity index (χ3n) is 11.3. The van der Waals surface area contributed by atoms with Crippen LogP contribution in [-0.4, -0.2) is 68.5 Å². The number of aliphatic hydroxyl groups is 1. The molecule has 0 fully saturated rings. The van der Waals surface area contributed by atoms with Gasteiger partial charge in [0, 0.05) is 6.42 Å². The molecule has 0 aliphatic carbocycles. The van der Waals surface area contributed by atoms with Crippen LogP contribution in [0, 0.1) is 0 Å². The summed E-state index contributed by atoms with van der Waals surface area (Å²) >= 11 is 0. The molecule has 0 aromatic rings. The molecule has 8 nitrogen and oxygen atoms in total. The average molecular weight is 891 g/mol. The summed E-state index contributed by atoms with van der Waals surface area (Å²) in [5.74, 6) is -0.172. The van der Waals surface area contributed by atoms with Crippen LogP contribution in [0.1, 0.15) is 219 Å². The van der Waals surface area contributed by atoms with Gasteiger partial charge in [-0.1, -0.05) is 216 Å². The first-order chi connectivity index (χ1) is 30.0. The Morgan fingerprint density at radius 2 is 0.984 bits per heavy atom. The second kappa shape index (κ2) is 44.4. The zero-order valence-electron chi connectivity index (χ0n) is 41.1. The standard InChI is InChI=1S/C53H99N2O6P/c1-6-8-10-12-13-14-15-16-17-18-19-20-21-22-23-24-25-26-27-28-29-30-31-32-33-34-35-36-37-38-39-40-41-43-45-47-53(57)54-51(52(56)46-44-42-11-9-7-2)50-61-62(58,59)60-49-48-55(3,4)5/h8,10,13-14,16-17,19-20,22-23,51-52,56H,6-7,9,11-12,15,18,21,24-50H2,1-5H3,(H-,54,57,58,59)/b10-8-,14-13-,17-16-,20-19-,23-22-. The summed E-state index contributed by atoms with van der Waals surface area (Å²) in [5, 5.41) is 13.7. The number of nitrogens with zero attached hydrogens (tertiary/aromatic N) is 1. The van der Waals surface area contributed by atoms with Gasteiger partial charge in [0.05, 0.1) is 39.9 Å². The van der Waals surface area contributed by atoms with E-state index >= 15 is 0 Å². The van der Waals surface area contributed by atoms with Gasteiger partial charge in [-0.25, -0.2) is 0 Å². The Morgan fingerprint density at radius 3 is 1.44 bits per heavy atom. The quantitative estimate of drug-likeness (QED) is 0.0273. The molecule has 2 N–H and O–H groups in total. The molecule has 0 bridgehead atoms. The molecule has 0 rings (SSSR count). The third kappa shape index (κ3) is 46.2. The molecule has 0 aromatic carbocycles. The second-order valence-corrected chi connectivity index (χ2v) is 19.9. The van der Waals surface area contributed by atoms with Crippen LogP contribution in [0.15, 0.2) is 60.8 Å². The van der Waals surface area contributed by atoms with Gasteiger partial charge < -0.3 is 28.8 Å². The van der Waals surface area contributed by atoms with E-state index in [1.807, 2.05) is 21.1 Å². The predicted octanol–water partition coefficient (Wildman–Crippen LogP) is 14.3. The minimum atomic E-state index is -4.55. The van der Waals surface area contributed by atoms with Gasteiger partial charge in [0.1, 0.15) is 13.2 Å². The van der Waals surface area contributed by atoms with Gasteiger partial charge in [0.2, 0.25) is 5.91 Å². The van der Waals surface area contributed by atoms with E-state index in [2.05, 4.69) is 79.9 Å². The Bertz CT molecular complexity index is 1190. The fourth-order valence-electron chi connectivity index (χ4n) is 7.24. The number of phosphoric ester groups is 1. The third-order valence-corrected chi connectivity index (χ3v) is 12.2. The van der Waals surface area contributed by atoms with Gasteiger partial charge in [-0.2, -0.15) is 0 Å². The van der Waals surface area contributed by atoms with E-state index in [0.717, 1.165) is 83.5 Å². The van der Waals surface area contributed by atoms with Crippen molar-refractivity contribution in [2.45, 2.75) is 231 Å². The number of carbonyl (C=O) groups is 1. The maximum atomic E-state index is 12.8. The second-order valence-electron chi connectivity index (χ2n) is 18.5. The van der Waals surface area contributed by atoms with E-state index in [9.17, 15) is 19.4 Å². The lowest BCUT2D eigenvalue weighted by atomic mass is 10.0. The van der Waals surface area contributed by atoms with E-state index in [0.29, 0.717) is 23.9 Å². The zero-order chi connectivity index (χ0) is 45.7. The van der Waals surface area contributed by atoms with E-state index in [-0.39, 0.29) is 19.1 Å². The average Bonchev–Trinajstić information content (AvgIpc) is 3.23. The van der Waals surface area contributed by atoms with Gasteiger partial charge in [0.15, 0.2) is 0 Å². The van der Waals surface area contributed by atoms with Crippen molar-refractivity contribution in [3.8, 4) is 0 Å². The molecule has 9 heteroatoms. The number of carbonyl (C=O) groups excluding carboxylic acids is 1. The maximum Gasteiger partial charge on any atom is 0.268 e. The Hall–Kier alpha value is -1.80. The van der Waals surface area contributed by atoms with Crippen molar-refractivity contribution in [2.24, 2.45) is 0 Å². The number of likely N-dealkylation sites (N-methyl/N-ethyl adjacent to an activating group) is 1. The van der Waals surface area contributed by atoms with Crippen LogP contribution in [0.2, 0.25) is 0 Å². The van der Waals surface area contributed by atoms with E-state index in [1.165, 1.54) is 109 Å². The number of nitrogens with one attached hydrogen (secondary N) is 1. The lowest BCUT2D eigenvalue weighted by molar-refractivity contribution is -0.870. The van der Waals surface area contributed by atoms with Gasteiger partial charge in [-0.3, -0.25) is 9.36 Å². The largest absolute Gasteiger partial charge is 0.756 e. The van der Waals surface area contributed by atoms with Crippen LogP contribution >= 0.6 is 7.82 Å². The summed E-state index contributed by atoms with van der Waals surface area (Å²) in [4.78, 5) is 25.2. The smallest absolute Gasteiger partial charge is 0.268 e. The van der Waals surface area contributed by atoms with Crippen LogP contribution in [-0.2, 0) is 18.4 Å². The number of aliphatic hydroxyl groups excluding tert-OH is 1. The molecule has 0 aliphatic heterocycles. The Kier molecular flexibility index (Phi) is 43.1. The molecule has 0 saturated carbocycles. The molecular weight excluding hydrogens is 792 g/mol. The minimum Gasteiger partial charge on any atom is -0.756 e. The zero-order valence-corrected chi connectivity index (χ0v) is 42.0. The van der Waals surface area contributed by atoms with Gasteiger partial charge in [-0.05, 0) is 57.8 Å². The molecule has 0 aliphatic rings. The van der Waals surface area contributed by atoms with Crippen molar-refractivity contribution in [1.29, 1.82) is 0 Å². The van der Waals surface area contributed by atoms with E-state index < -0.39 is 20.0 Å². The van der Waals surface area contributed by atoms with Crippen molar-refractivity contribution >= 4 is 13.7 Å². The highest BCUT2D eigenvalue weighted by molar-refractivity contribution is 7.45. The molecule has 362 valence electrons. The summed E-state index contributed by atoms with van der Waals surface area (Å²) < 4.78 is 23.1. The fourth-order valence-corrected chi connectivity index (χ4v) is 7.97. The van der Waals surface area contributed by atoms with Gasteiger partial charge in [-0.15, -0.1) is 0 Å². The normalized spacial score (nSPS) is 14.6. The van der Waals surface area contributed by atoms with Crippen molar-refractivity contribution in [2.75, 3.05) is 40.9 Å². The summed E-state index contributed by atoms with van der Waals surface area (Å²) in [7, 11) is 1.30. The van der Waals surface area contributed by atoms with Gasteiger partial charge >= 0.3 is 0 Å². The summed E-state index contributed by atoms with van der Waals surface area (Å²) in [6.45, 7) is 4.51. The van der Waals surface area contributed by atoms with Crippen LogP contribution in [0.25, 0.3) is 0 Å². The number of rotatable bonds is 46. The van der Waals surface area contributed by atoms with E-state index in [1.54, 1.807) is 0 Å². The number of hydrogen-bond donors (Lipinski definition) is 2. The van der Waals surface area contributed by atoms with Gasteiger partial charge in [0.25, 0.3) is 7.82 Å². The molecule has 3 atom stereocenters. The Labute approximate surface area is 383 Å². The summed E-state index contributed by atoms with van der Waals surface area (Å²) in [6.07, 6.45) is 58.8. The Balaban J connectivity index is 3.79. The maximum absolute atomic E-state index is 12.8. The molecular formula is C53H99N2O6P. The number of quaternary nitrogens is 1. The van der Waals surface area contributed by atoms with E-state index in [4.69, 9.17) is 9.05 Å². The molecule has 1 amide bonds. The number of phosphoric acid groups is 1. The van der Waals surface area contributed by atoms with Crippen LogP contribution in [0.5, 0.6) is 0 Å². The van der Waals surface area contributed by atoms with Crippen LogP contribution < -0.4 is 10.2 Å². The minimum absolute atomic E-state index is 0.0110. The number of unbranched alkanes of at least 4 members (excludes halogenated alkanes) is 23. The molecule has 62 heavy (non-hydrogen) atoms. The van der Waals surface area contributed by atoms with Crippen molar-refractivity contribution < 1.29 is 32.9 Å². The summed E-state index contributed by atoms with van der Waals surface area (Å²) in [5.41, 5.74) is 0. The molecule has 0 heterocycles. The number of allylic oxidation sites excluding steroid dienone is 10. The fraction of sp³-hybridized carbons (Fsp3) is 0.792. The molecule has 0 spiro atoms. The molecule has 0 radical (unpaired) electrons.